The number of nitrogens with one attached hydrogen (secondary N) is 1. The molecule has 0 atom stereocenters. The Balaban J connectivity index is 2.26. The Labute approximate surface area is 98.5 Å². The molecule has 0 aliphatic rings. The van der Waals surface area contributed by atoms with Crippen LogP contribution in [0.4, 0.5) is 5.82 Å². The first-order chi connectivity index (χ1) is 8.24. The lowest BCUT2D eigenvalue weighted by Gasteiger charge is -2.04. The number of nitrogens with zero attached hydrogens (tertiary/aromatic N) is 2. The number of aromatic amines is 1. The highest BCUT2D eigenvalue weighted by Crippen LogP contribution is 2.24. The maximum Gasteiger partial charge on any atom is 0.119 e. The Hall–Kier alpha value is -2.36. The summed E-state index contributed by atoms with van der Waals surface area (Å²) in [4.78, 5) is 4.62. The van der Waals surface area contributed by atoms with Crippen LogP contribution in [0.1, 0.15) is 5.56 Å². The molecule has 0 unspecified atom stereocenters. The highest BCUT2D eigenvalue weighted by atomic mass is 15.2. The summed E-state index contributed by atoms with van der Waals surface area (Å²) < 4.78 is 0. The van der Waals surface area contributed by atoms with Gasteiger partial charge in [-0.05, 0) is 24.6 Å². The van der Waals surface area contributed by atoms with E-state index in [1.807, 2.05) is 25.1 Å². The van der Waals surface area contributed by atoms with Crippen molar-refractivity contribution in [1.29, 1.82) is 0 Å². The summed E-state index contributed by atoms with van der Waals surface area (Å²) in [6, 6.07) is 11.9. The number of fused-ring (bicyclic) bond motifs is 1. The molecule has 3 aromatic rings. The lowest BCUT2D eigenvalue weighted by molar-refractivity contribution is 1.09. The van der Waals surface area contributed by atoms with Crippen LogP contribution < -0.4 is 5.73 Å². The molecule has 0 saturated carbocycles. The Morgan fingerprint density at radius 2 is 2.00 bits per heavy atom. The fourth-order valence-corrected chi connectivity index (χ4v) is 1.94. The van der Waals surface area contributed by atoms with E-state index in [9.17, 15) is 0 Å². The molecule has 4 heteroatoms. The third kappa shape index (κ3) is 1.63. The molecule has 0 fully saturated rings. The zero-order chi connectivity index (χ0) is 11.8. The average molecular weight is 224 g/mol. The molecule has 0 amide bonds. The predicted molar refractivity (Wildman–Crippen MR) is 68.5 cm³/mol. The minimum absolute atomic E-state index is 0.550. The third-order valence-corrected chi connectivity index (χ3v) is 2.75. The van der Waals surface area contributed by atoms with Crippen molar-refractivity contribution >= 4 is 16.7 Å². The first kappa shape index (κ1) is 9.84. The molecule has 0 radical (unpaired) electrons. The van der Waals surface area contributed by atoms with Gasteiger partial charge in [0.15, 0.2) is 0 Å². The van der Waals surface area contributed by atoms with Gasteiger partial charge in [-0.1, -0.05) is 18.2 Å². The van der Waals surface area contributed by atoms with E-state index in [0.717, 1.165) is 27.9 Å². The smallest absolute Gasteiger partial charge is 0.119 e. The molecular formula is C13H12N4. The van der Waals surface area contributed by atoms with E-state index < -0.39 is 0 Å². The van der Waals surface area contributed by atoms with E-state index in [2.05, 4.69) is 27.3 Å². The number of para-hydroxylation sites is 1. The van der Waals surface area contributed by atoms with Gasteiger partial charge in [0.1, 0.15) is 11.5 Å². The van der Waals surface area contributed by atoms with Crippen LogP contribution in [0.2, 0.25) is 0 Å². The lowest BCUT2D eigenvalue weighted by atomic mass is 10.1. The van der Waals surface area contributed by atoms with Crippen molar-refractivity contribution in [2.75, 3.05) is 5.73 Å². The summed E-state index contributed by atoms with van der Waals surface area (Å²) in [7, 11) is 0. The van der Waals surface area contributed by atoms with Crippen LogP contribution in [-0.4, -0.2) is 15.2 Å². The number of aromatic nitrogens is 3. The van der Waals surface area contributed by atoms with Crippen LogP contribution in [0, 0.1) is 6.92 Å². The molecule has 17 heavy (non-hydrogen) atoms. The van der Waals surface area contributed by atoms with E-state index in [4.69, 9.17) is 5.73 Å². The van der Waals surface area contributed by atoms with Crippen LogP contribution in [0.5, 0.6) is 0 Å². The van der Waals surface area contributed by atoms with Crippen molar-refractivity contribution in [2.45, 2.75) is 6.92 Å². The predicted octanol–water partition coefficient (Wildman–Crippen LogP) is 2.52. The van der Waals surface area contributed by atoms with Gasteiger partial charge in [0.25, 0.3) is 0 Å². The highest BCUT2D eigenvalue weighted by molar-refractivity contribution is 5.82. The SMILES string of the molecule is Cc1cc2ccccc2nc1-c1cc(N)[nH]n1. The quantitative estimate of drug-likeness (QED) is 0.667. The molecule has 84 valence electrons. The number of hydrogen-bond donors (Lipinski definition) is 2. The monoisotopic (exact) mass is 224 g/mol. The molecule has 2 aromatic heterocycles. The van der Waals surface area contributed by atoms with Crippen molar-refractivity contribution in [1.82, 2.24) is 15.2 Å². The van der Waals surface area contributed by atoms with E-state index in [1.54, 1.807) is 6.07 Å². The second-order valence-electron chi connectivity index (χ2n) is 4.06. The number of nitrogen functional groups attached to an aromatic ring is 1. The fraction of sp³-hybridized carbons (Fsp3) is 0.0769. The van der Waals surface area contributed by atoms with Crippen LogP contribution >= 0.6 is 0 Å². The molecule has 3 N–H and O–H groups in total. The van der Waals surface area contributed by atoms with Gasteiger partial charge in [-0.2, -0.15) is 5.10 Å². The molecule has 4 nitrogen and oxygen atoms in total. The van der Waals surface area contributed by atoms with Crippen molar-refractivity contribution in [3.8, 4) is 11.4 Å². The Kier molecular flexibility index (Phi) is 2.08. The zero-order valence-corrected chi connectivity index (χ0v) is 9.44. The van der Waals surface area contributed by atoms with E-state index in [-0.39, 0.29) is 0 Å². The summed E-state index contributed by atoms with van der Waals surface area (Å²) in [6.07, 6.45) is 0. The van der Waals surface area contributed by atoms with E-state index in [0.29, 0.717) is 5.82 Å². The van der Waals surface area contributed by atoms with Crippen LogP contribution in [-0.2, 0) is 0 Å². The van der Waals surface area contributed by atoms with Crippen LogP contribution in [0.15, 0.2) is 36.4 Å². The Morgan fingerprint density at radius 3 is 2.76 bits per heavy atom. The Bertz CT molecular complexity index is 685. The van der Waals surface area contributed by atoms with Gasteiger partial charge in [0.2, 0.25) is 0 Å². The minimum atomic E-state index is 0.550. The summed E-state index contributed by atoms with van der Waals surface area (Å²) in [5, 5.41) is 8.01. The maximum atomic E-state index is 5.63. The summed E-state index contributed by atoms with van der Waals surface area (Å²) >= 11 is 0. The molecule has 0 bridgehead atoms. The molecule has 2 heterocycles. The van der Waals surface area contributed by atoms with Crippen molar-refractivity contribution < 1.29 is 0 Å². The second kappa shape index (κ2) is 3.59. The largest absolute Gasteiger partial charge is 0.384 e. The van der Waals surface area contributed by atoms with Crippen molar-refractivity contribution in [3.63, 3.8) is 0 Å². The number of aryl methyl sites for hydroxylation is 1. The van der Waals surface area contributed by atoms with Gasteiger partial charge in [0, 0.05) is 11.5 Å². The molecule has 0 saturated heterocycles. The highest BCUT2D eigenvalue weighted by Gasteiger charge is 2.08. The normalized spacial score (nSPS) is 10.9. The number of nitrogens with two attached hydrogens (primary N) is 1. The van der Waals surface area contributed by atoms with Gasteiger partial charge in [-0.15, -0.1) is 0 Å². The van der Waals surface area contributed by atoms with Gasteiger partial charge in [-0.25, -0.2) is 4.98 Å². The first-order valence-electron chi connectivity index (χ1n) is 5.42. The van der Waals surface area contributed by atoms with Gasteiger partial charge in [-0.3, -0.25) is 5.10 Å². The topological polar surface area (TPSA) is 67.6 Å². The number of hydrogen-bond acceptors (Lipinski definition) is 3. The average Bonchev–Trinajstić information content (AvgIpc) is 2.75. The maximum absolute atomic E-state index is 5.63. The van der Waals surface area contributed by atoms with Crippen molar-refractivity contribution in [3.05, 3.63) is 42.0 Å². The first-order valence-corrected chi connectivity index (χ1v) is 5.42. The lowest BCUT2D eigenvalue weighted by Crippen LogP contribution is -1.90. The number of H-pyrrole nitrogens is 1. The number of pyridine rings is 1. The fourth-order valence-electron chi connectivity index (χ4n) is 1.94. The Morgan fingerprint density at radius 1 is 1.18 bits per heavy atom. The van der Waals surface area contributed by atoms with Crippen LogP contribution in [0.3, 0.4) is 0 Å². The number of benzene rings is 1. The molecule has 3 rings (SSSR count). The van der Waals surface area contributed by atoms with Gasteiger partial charge < -0.3 is 5.73 Å². The van der Waals surface area contributed by atoms with Gasteiger partial charge in [0.05, 0.1) is 11.2 Å². The summed E-state index contributed by atoms with van der Waals surface area (Å²) in [5.74, 6) is 0.550. The van der Waals surface area contributed by atoms with Gasteiger partial charge >= 0.3 is 0 Å². The molecule has 0 aliphatic heterocycles. The number of anilines is 1. The zero-order valence-electron chi connectivity index (χ0n) is 9.44. The summed E-state index contributed by atoms with van der Waals surface area (Å²) in [5.41, 5.74) is 9.35. The minimum Gasteiger partial charge on any atom is -0.384 e. The molecule has 1 aromatic carbocycles. The second-order valence-corrected chi connectivity index (χ2v) is 4.06. The standard InChI is InChI=1S/C13H12N4/c1-8-6-9-4-2-3-5-10(9)15-13(8)11-7-12(14)17-16-11/h2-7H,1H3,(H3,14,16,17). The third-order valence-electron chi connectivity index (χ3n) is 2.75. The van der Waals surface area contributed by atoms with E-state index in [1.165, 1.54) is 0 Å². The van der Waals surface area contributed by atoms with Crippen LogP contribution in [0.25, 0.3) is 22.3 Å². The molecular weight excluding hydrogens is 212 g/mol. The number of rotatable bonds is 1. The summed E-state index contributed by atoms with van der Waals surface area (Å²) in [6.45, 7) is 2.03. The van der Waals surface area contributed by atoms with E-state index >= 15 is 0 Å². The molecule has 0 aliphatic carbocycles. The molecule has 0 spiro atoms. The van der Waals surface area contributed by atoms with Crippen molar-refractivity contribution in [2.24, 2.45) is 0 Å².